The van der Waals surface area contributed by atoms with Crippen molar-refractivity contribution in [2.75, 3.05) is 33.7 Å². The summed E-state index contributed by atoms with van der Waals surface area (Å²) in [7, 11) is 1.62. The standard InChI is InChI=1S/C23H25NO6/c1-3-27-22(25)12-28-23-17-11-24-7-6-15-9-20-21(30-13-29-20)10-16(15)18(24)8-14(17)4-5-19(23)26-2/h4-5,9-10,18H,3,6-8,11-13H2,1-2H3. The third kappa shape index (κ3) is 3.23. The Morgan fingerprint density at radius 1 is 1.20 bits per heavy atom. The fourth-order valence-corrected chi connectivity index (χ4v) is 4.65. The van der Waals surface area contributed by atoms with Crippen LogP contribution in [0.25, 0.3) is 0 Å². The molecular weight excluding hydrogens is 386 g/mol. The molecule has 3 heterocycles. The number of hydrogen-bond acceptors (Lipinski definition) is 7. The van der Waals surface area contributed by atoms with Gasteiger partial charge in [0.25, 0.3) is 0 Å². The van der Waals surface area contributed by atoms with Gasteiger partial charge in [0.05, 0.1) is 13.7 Å². The Morgan fingerprint density at radius 2 is 2.03 bits per heavy atom. The van der Waals surface area contributed by atoms with Crippen molar-refractivity contribution in [2.24, 2.45) is 0 Å². The summed E-state index contributed by atoms with van der Waals surface area (Å²) in [5, 5.41) is 0. The van der Waals surface area contributed by atoms with Crippen LogP contribution in [-0.2, 0) is 28.9 Å². The van der Waals surface area contributed by atoms with Crippen LogP contribution < -0.4 is 18.9 Å². The van der Waals surface area contributed by atoms with Crippen LogP contribution in [0.15, 0.2) is 24.3 Å². The number of fused-ring (bicyclic) bond motifs is 5. The number of benzene rings is 2. The first-order valence-electron chi connectivity index (χ1n) is 10.3. The quantitative estimate of drug-likeness (QED) is 0.701. The third-order valence-electron chi connectivity index (χ3n) is 6.06. The number of methoxy groups -OCH3 is 1. The summed E-state index contributed by atoms with van der Waals surface area (Å²) in [6.45, 7) is 3.96. The monoisotopic (exact) mass is 411 g/mol. The van der Waals surface area contributed by atoms with Gasteiger partial charge in [-0.3, -0.25) is 4.90 Å². The molecular formula is C23H25NO6. The normalized spacial score (nSPS) is 18.8. The number of ether oxygens (including phenoxy) is 5. The summed E-state index contributed by atoms with van der Waals surface area (Å²) in [6.07, 6.45) is 1.82. The predicted octanol–water partition coefficient (Wildman–Crippen LogP) is 3.02. The summed E-state index contributed by atoms with van der Waals surface area (Å²) in [6, 6.07) is 8.57. The van der Waals surface area contributed by atoms with Gasteiger partial charge in [-0.05, 0) is 54.7 Å². The van der Waals surface area contributed by atoms with Gasteiger partial charge in [0.1, 0.15) is 0 Å². The van der Waals surface area contributed by atoms with E-state index in [4.69, 9.17) is 23.7 Å². The first-order valence-corrected chi connectivity index (χ1v) is 10.3. The number of hydrogen-bond donors (Lipinski definition) is 0. The van der Waals surface area contributed by atoms with Crippen molar-refractivity contribution in [3.05, 3.63) is 46.5 Å². The van der Waals surface area contributed by atoms with E-state index >= 15 is 0 Å². The Bertz CT molecular complexity index is 988. The highest BCUT2D eigenvalue weighted by Gasteiger charge is 2.35. The van der Waals surface area contributed by atoms with Gasteiger partial charge in [-0.1, -0.05) is 6.07 Å². The molecule has 1 atom stereocenters. The van der Waals surface area contributed by atoms with Crippen LogP contribution in [0.2, 0.25) is 0 Å². The van der Waals surface area contributed by atoms with E-state index in [1.54, 1.807) is 14.0 Å². The number of nitrogens with zero attached hydrogens (tertiary/aromatic N) is 1. The highest BCUT2D eigenvalue weighted by molar-refractivity contribution is 5.71. The molecule has 0 saturated heterocycles. The van der Waals surface area contributed by atoms with Crippen LogP contribution in [0, 0.1) is 0 Å². The van der Waals surface area contributed by atoms with Gasteiger partial charge in [-0.2, -0.15) is 0 Å². The lowest BCUT2D eigenvalue weighted by Crippen LogP contribution is -2.39. The first-order chi connectivity index (χ1) is 14.7. The highest BCUT2D eigenvalue weighted by Crippen LogP contribution is 2.46. The van der Waals surface area contributed by atoms with Crippen molar-refractivity contribution in [2.45, 2.75) is 32.4 Å². The van der Waals surface area contributed by atoms with E-state index in [0.29, 0.717) is 18.1 Å². The van der Waals surface area contributed by atoms with E-state index in [-0.39, 0.29) is 25.4 Å². The minimum Gasteiger partial charge on any atom is -0.493 e. The van der Waals surface area contributed by atoms with E-state index in [1.165, 1.54) is 16.7 Å². The number of rotatable bonds is 5. The highest BCUT2D eigenvalue weighted by atomic mass is 16.7. The maximum Gasteiger partial charge on any atom is 0.344 e. The minimum atomic E-state index is -0.381. The Hall–Kier alpha value is -2.93. The van der Waals surface area contributed by atoms with Crippen LogP contribution in [0.5, 0.6) is 23.0 Å². The van der Waals surface area contributed by atoms with Gasteiger partial charge >= 0.3 is 5.97 Å². The van der Waals surface area contributed by atoms with E-state index in [0.717, 1.165) is 43.0 Å². The second-order valence-corrected chi connectivity index (χ2v) is 7.67. The Morgan fingerprint density at radius 3 is 2.83 bits per heavy atom. The largest absolute Gasteiger partial charge is 0.493 e. The van der Waals surface area contributed by atoms with Crippen molar-refractivity contribution < 1.29 is 28.5 Å². The fraction of sp³-hybridized carbons (Fsp3) is 0.435. The molecule has 30 heavy (non-hydrogen) atoms. The van der Waals surface area contributed by atoms with Crippen LogP contribution in [0.3, 0.4) is 0 Å². The van der Waals surface area contributed by atoms with E-state index in [1.807, 2.05) is 6.07 Å². The lowest BCUT2D eigenvalue weighted by molar-refractivity contribution is -0.145. The lowest BCUT2D eigenvalue weighted by atomic mass is 9.83. The molecule has 5 rings (SSSR count). The maximum absolute atomic E-state index is 11.8. The SMILES string of the molecule is CCOC(=O)COc1c(OC)ccc2c1CN1CCc3cc4c(cc3C1C2)OCO4. The summed E-state index contributed by atoms with van der Waals surface area (Å²) >= 11 is 0. The summed E-state index contributed by atoms with van der Waals surface area (Å²) in [5.41, 5.74) is 4.93. The molecule has 0 aliphatic carbocycles. The lowest BCUT2D eigenvalue weighted by Gasteiger charge is -2.42. The van der Waals surface area contributed by atoms with Gasteiger partial charge in [-0.25, -0.2) is 4.79 Å². The number of carbonyl (C=O) groups is 1. The van der Waals surface area contributed by atoms with Crippen molar-refractivity contribution >= 4 is 5.97 Å². The van der Waals surface area contributed by atoms with Crippen molar-refractivity contribution in [3.8, 4) is 23.0 Å². The zero-order valence-electron chi connectivity index (χ0n) is 17.2. The predicted molar refractivity (Wildman–Crippen MR) is 108 cm³/mol. The van der Waals surface area contributed by atoms with Crippen LogP contribution >= 0.6 is 0 Å². The molecule has 0 bridgehead atoms. The molecule has 0 fully saturated rings. The molecule has 0 N–H and O–H groups in total. The zero-order valence-corrected chi connectivity index (χ0v) is 17.2. The van der Waals surface area contributed by atoms with Crippen molar-refractivity contribution in [3.63, 3.8) is 0 Å². The molecule has 3 aliphatic heterocycles. The molecule has 2 aromatic carbocycles. The van der Waals surface area contributed by atoms with Gasteiger partial charge in [0.15, 0.2) is 29.6 Å². The Labute approximate surface area is 175 Å². The Balaban J connectivity index is 1.46. The van der Waals surface area contributed by atoms with E-state index < -0.39 is 0 Å². The molecule has 158 valence electrons. The zero-order chi connectivity index (χ0) is 20.7. The molecule has 3 aliphatic rings. The second-order valence-electron chi connectivity index (χ2n) is 7.67. The van der Waals surface area contributed by atoms with Crippen LogP contribution in [-0.4, -0.2) is 44.5 Å². The summed E-state index contributed by atoms with van der Waals surface area (Å²) in [5.74, 6) is 2.57. The average Bonchev–Trinajstić information content (AvgIpc) is 3.22. The van der Waals surface area contributed by atoms with Crippen molar-refractivity contribution in [1.82, 2.24) is 4.90 Å². The van der Waals surface area contributed by atoms with Crippen LogP contribution in [0.1, 0.15) is 35.2 Å². The fourth-order valence-electron chi connectivity index (χ4n) is 4.65. The summed E-state index contributed by atoms with van der Waals surface area (Å²) in [4.78, 5) is 14.3. The molecule has 0 amide bonds. The molecule has 0 spiro atoms. The smallest absolute Gasteiger partial charge is 0.344 e. The van der Waals surface area contributed by atoms with Gasteiger partial charge in [0.2, 0.25) is 6.79 Å². The summed E-state index contributed by atoms with van der Waals surface area (Å²) < 4.78 is 27.6. The minimum absolute atomic E-state index is 0.129. The molecule has 0 aromatic heterocycles. The maximum atomic E-state index is 11.8. The molecule has 7 heteroatoms. The average molecular weight is 411 g/mol. The molecule has 0 saturated carbocycles. The van der Waals surface area contributed by atoms with Gasteiger partial charge in [0, 0.05) is 24.7 Å². The van der Waals surface area contributed by atoms with Gasteiger partial charge in [-0.15, -0.1) is 0 Å². The van der Waals surface area contributed by atoms with E-state index in [9.17, 15) is 4.79 Å². The third-order valence-corrected chi connectivity index (χ3v) is 6.06. The molecule has 7 nitrogen and oxygen atoms in total. The topological polar surface area (TPSA) is 66.5 Å². The molecule has 2 aromatic rings. The van der Waals surface area contributed by atoms with Crippen molar-refractivity contribution in [1.29, 1.82) is 0 Å². The Kier molecular flexibility index (Phi) is 4.90. The second kappa shape index (κ2) is 7.72. The molecule has 1 unspecified atom stereocenters. The first kappa shape index (κ1) is 19.1. The van der Waals surface area contributed by atoms with Gasteiger partial charge < -0.3 is 23.7 Å². The van der Waals surface area contributed by atoms with E-state index in [2.05, 4.69) is 23.1 Å². The van der Waals surface area contributed by atoms with Crippen LogP contribution in [0.4, 0.5) is 0 Å². The number of carbonyl (C=O) groups excluding carboxylic acids is 1. The number of esters is 1. The molecule has 0 radical (unpaired) electrons.